The lowest BCUT2D eigenvalue weighted by molar-refractivity contribution is -0.142. The molecule has 2 aliphatic rings. The lowest BCUT2D eigenvalue weighted by atomic mass is 10.0. The fraction of sp³-hybridized carbons (Fsp3) is 0.474. The predicted molar refractivity (Wildman–Crippen MR) is 96.1 cm³/mol. The minimum Gasteiger partial charge on any atom is -0.485 e. The van der Waals surface area contributed by atoms with Crippen LogP contribution >= 0.6 is 0 Å². The van der Waals surface area contributed by atoms with Crippen LogP contribution in [0.1, 0.15) is 24.1 Å². The summed E-state index contributed by atoms with van der Waals surface area (Å²) in [4.78, 5) is 14.6. The molecule has 26 heavy (non-hydrogen) atoms. The Labute approximate surface area is 152 Å². The maximum Gasteiger partial charge on any atom is 0.267 e. The molecule has 0 saturated carbocycles. The van der Waals surface area contributed by atoms with Crippen LogP contribution < -0.4 is 14.8 Å². The molecule has 0 aliphatic carbocycles. The van der Waals surface area contributed by atoms with Gasteiger partial charge in [0, 0.05) is 36.9 Å². The van der Waals surface area contributed by atoms with Crippen molar-refractivity contribution in [3.8, 4) is 11.5 Å². The van der Waals surface area contributed by atoms with Gasteiger partial charge < -0.3 is 19.7 Å². The fourth-order valence-corrected chi connectivity index (χ4v) is 3.46. The Kier molecular flexibility index (Phi) is 4.79. The molecule has 7 heteroatoms. The first-order valence-electron chi connectivity index (χ1n) is 9.10. The first kappa shape index (κ1) is 16.9. The number of H-pyrrole nitrogens is 1. The number of rotatable bonds is 4. The molecule has 1 aromatic carbocycles. The van der Waals surface area contributed by atoms with Crippen LogP contribution in [0, 0.1) is 6.92 Å². The van der Waals surface area contributed by atoms with E-state index in [2.05, 4.69) is 15.5 Å². The van der Waals surface area contributed by atoms with Crippen molar-refractivity contribution >= 4 is 5.91 Å². The highest BCUT2D eigenvalue weighted by Crippen LogP contribution is 2.31. The van der Waals surface area contributed by atoms with E-state index in [0.717, 1.165) is 38.2 Å². The zero-order valence-corrected chi connectivity index (χ0v) is 14.9. The third-order valence-corrected chi connectivity index (χ3v) is 5.11. The van der Waals surface area contributed by atoms with E-state index in [4.69, 9.17) is 9.47 Å². The molecule has 4 rings (SSSR count). The Bertz CT molecular complexity index is 768. The van der Waals surface area contributed by atoms with Crippen molar-refractivity contribution < 1.29 is 14.3 Å². The van der Waals surface area contributed by atoms with Gasteiger partial charge in [-0.3, -0.25) is 9.89 Å². The molecule has 0 radical (unpaired) electrons. The number of aryl methyl sites for hydroxylation is 1. The quantitative estimate of drug-likeness (QED) is 0.871. The number of hydrogen-bond acceptors (Lipinski definition) is 5. The van der Waals surface area contributed by atoms with Gasteiger partial charge in [0.05, 0.1) is 6.20 Å². The molecule has 1 unspecified atom stereocenters. The van der Waals surface area contributed by atoms with Gasteiger partial charge in [-0.15, -0.1) is 0 Å². The number of aromatic amines is 1. The highest BCUT2D eigenvalue weighted by molar-refractivity contribution is 5.82. The number of para-hydroxylation sites is 2. The zero-order chi connectivity index (χ0) is 17.9. The van der Waals surface area contributed by atoms with Gasteiger partial charge in [-0.25, -0.2) is 0 Å². The molecule has 1 atom stereocenters. The Balaban J connectivity index is 1.27. The van der Waals surface area contributed by atoms with E-state index in [1.165, 1.54) is 5.56 Å². The first-order chi connectivity index (χ1) is 12.7. The largest absolute Gasteiger partial charge is 0.485 e. The SMILES string of the molecule is Cc1[nH]ncc1CNC1CCN(C(=O)C2COc3ccccc3O2)CC1. The summed E-state index contributed by atoms with van der Waals surface area (Å²) in [6.07, 6.45) is 3.18. The standard InChI is InChI=1S/C19H24N4O3/c1-13-14(11-21-22-13)10-20-15-6-8-23(9-7-15)19(24)18-12-25-16-4-2-3-5-17(16)26-18/h2-5,11,15,18,20H,6-10,12H2,1H3,(H,21,22). The number of piperidine rings is 1. The monoisotopic (exact) mass is 356 g/mol. The molecular formula is C19H24N4O3. The number of benzene rings is 1. The average Bonchev–Trinajstić information content (AvgIpc) is 3.10. The van der Waals surface area contributed by atoms with Crippen LogP contribution in [-0.2, 0) is 11.3 Å². The Hall–Kier alpha value is -2.54. The van der Waals surface area contributed by atoms with Crippen LogP contribution in [0.3, 0.4) is 0 Å². The number of carbonyl (C=O) groups excluding carboxylic acids is 1. The molecular weight excluding hydrogens is 332 g/mol. The van der Waals surface area contributed by atoms with Gasteiger partial charge in [-0.2, -0.15) is 5.10 Å². The molecule has 2 aliphatic heterocycles. The number of aromatic nitrogens is 2. The average molecular weight is 356 g/mol. The lowest BCUT2D eigenvalue weighted by Crippen LogP contribution is -2.51. The van der Waals surface area contributed by atoms with E-state index in [1.54, 1.807) is 0 Å². The number of likely N-dealkylation sites (tertiary alicyclic amines) is 1. The van der Waals surface area contributed by atoms with Crippen molar-refractivity contribution in [2.24, 2.45) is 0 Å². The summed E-state index contributed by atoms with van der Waals surface area (Å²) in [6, 6.07) is 7.89. The normalized spacial score (nSPS) is 20.2. The molecule has 1 saturated heterocycles. The second kappa shape index (κ2) is 7.37. The van der Waals surface area contributed by atoms with E-state index < -0.39 is 6.10 Å². The lowest BCUT2D eigenvalue weighted by Gasteiger charge is -2.35. The molecule has 7 nitrogen and oxygen atoms in total. The smallest absolute Gasteiger partial charge is 0.267 e. The highest BCUT2D eigenvalue weighted by Gasteiger charge is 2.32. The Morgan fingerprint density at radius 3 is 2.81 bits per heavy atom. The Morgan fingerprint density at radius 2 is 2.08 bits per heavy atom. The van der Waals surface area contributed by atoms with Crippen LogP contribution in [0.4, 0.5) is 0 Å². The van der Waals surface area contributed by atoms with Gasteiger partial charge in [0.15, 0.2) is 11.5 Å². The Morgan fingerprint density at radius 1 is 1.31 bits per heavy atom. The molecule has 138 valence electrons. The van der Waals surface area contributed by atoms with E-state index in [0.29, 0.717) is 17.5 Å². The van der Waals surface area contributed by atoms with Crippen LogP contribution in [0.2, 0.25) is 0 Å². The minimum atomic E-state index is -0.553. The molecule has 1 amide bonds. The maximum absolute atomic E-state index is 12.7. The van der Waals surface area contributed by atoms with Crippen molar-refractivity contribution in [1.29, 1.82) is 0 Å². The van der Waals surface area contributed by atoms with Crippen molar-refractivity contribution in [2.45, 2.75) is 38.5 Å². The number of amides is 1. The van der Waals surface area contributed by atoms with E-state index in [1.807, 2.05) is 42.3 Å². The van der Waals surface area contributed by atoms with Gasteiger partial charge in [0.1, 0.15) is 6.61 Å². The highest BCUT2D eigenvalue weighted by atomic mass is 16.6. The summed E-state index contributed by atoms with van der Waals surface area (Å²) in [7, 11) is 0. The van der Waals surface area contributed by atoms with E-state index >= 15 is 0 Å². The van der Waals surface area contributed by atoms with Gasteiger partial charge in [0.25, 0.3) is 5.91 Å². The van der Waals surface area contributed by atoms with Crippen LogP contribution in [0.5, 0.6) is 11.5 Å². The number of fused-ring (bicyclic) bond motifs is 1. The third-order valence-electron chi connectivity index (χ3n) is 5.11. The van der Waals surface area contributed by atoms with Gasteiger partial charge >= 0.3 is 0 Å². The molecule has 1 aromatic heterocycles. The number of nitrogens with one attached hydrogen (secondary N) is 2. The maximum atomic E-state index is 12.7. The predicted octanol–water partition coefficient (Wildman–Crippen LogP) is 1.64. The third kappa shape index (κ3) is 3.53. The van der Waals surface area contributed by atoms with E-state index in [-0.39, 0.29) is 12.5 Å². The van der Waals surface area contributed by atoms with Crippen LogP contribution in [0.15, 0.2) is 30.5 Å². The van der Waals surface area contributed by atoms with Crippen LogP contribution in [0.25, 0.3) is 0 Å². The van der Waals surface area contributed by atoms with Crippen molar-refractivity contribution in [1.82, 2.24) is 20.4 Å². The summed E-state index contributed by atoms with van der Waals surface area (Å²) in [5.41, 5.74) is 2.29. The zero-order valence-electron chi connectivity index (χ0n) is 14.9. The first-order valence-corrected chi connectivity index (χ1v) is 9.10. The number of carbonyl (C=O) groups is 1. The van der Waals surface area contributed by atoms with Gasteiger partial charge in [-0.05, 0) is 31.9 Å². The van der Waals surface area contributed by atoms with Crippen molar-refractivity contribution in [3.05, 3.63) is 41.7 Å². The second-order valence-electron chi connectivity index (χ2n) is 6.86. The number of nitrogens with zero attached hydrogens (tertiary/aromatic N) is 2. The van der Waals surface area contributed by atoms with Gasteiger partial charge in [0.2, 0.25) is 6.10 Å². The van der Waals surface area contributed by atoms with Crippen LogP contribution in [-0.4, -0.2) is 52.8 Å². The summed E-state index contributed by atoms with van der Waals surface area (Å²) in [6.45, 7) is 4.57. The number of hydrogen-bond donors (Lipinski definition) is 2. The summed E-state index contributed by atoms with van der Waals surface area (Å²) in [5.74, 6) is 1.36. The van der Waals surface area contributed by atoms with Crippen molar-refractivity contribution in [3.63, 3.8) is 0 Å². The fourth-order valence-electron chi connectivity index (χ4n) is 3.46. The van der Waals surface area contributed by atoms with Gasteiger partial charge in [-0.1, -0.05) is 12.1 Å². The second-order valence-corrected chi connectivity index (χ2v) is 6.86. The molecule has 0 bridgehead atoms. The molecule has 0 spiro atoms. The summed E-state index contributed by atoms with van der Waals surface area (Å²) < 4.78 is 11.5. The molecule has 3 heterocycles. The number of ether oxygens (including phenoxy) is 2. The molecule has 2 N–H and O–H groups in total. The molecule has 2 aromatic rings. The van der Waals surface area contributed by atoms with Crippen molar-refractivity contribution in [2.75, 3.05) is 19.7 Å². The topological polar surface area (TPSA) is 79.5 Å². The summed E-state index contributed by atoms with van der Waals surface area (Å²) >= 11 is 0. The van der Waals surface area contributed by atoms with E-state index in [9.17, 15) is 4.79 Å². The minimum absolute atomic E-state index is 0.0173. The summed E-state index contributed by atoms with van der Waals surface area (Å²) in [5, 5.41) is 10.6. The molecule has 1 fully saturated rings.